The molecule has 0 radical (unpaired) electrons. The van der Waals surface area contributed by atoms with E-state index in [2.05, 4.69) is 10.2 Å². The normalized spacial score (nSPS) is 11.4. The summed E-state index contributed by atoms with van der Waals surface area (Å²) in [5, 5.41) is 17.8. The van der Waals surface area contributed by atoms with Crippen molar-refractivity contribution in [1.82, 2.24) is 10.2 Å². The molecule has 0 aliphatic rings. The molecule has 1 heterocycles. The summed E-state index contributed by atoms with van der Waals surface area (Å²) in [6.07, 6.45) is 0. The Morgan fingerprint density at radius 1 is 1.07 bits per heavy atom. The third-order valence-electron chi connectivity index (χ3n) is 4.24. The number of hydrogen-bond donors (Lipinski definition) is 1. The number of nitro benzene ring substituents is 1. The van der Waals surface area contributed by atoms with Gasteiger partial charge < -0.3 is 9.05 Å². The Morgan fingerprint density at radius 2 is 1.67 bits per heavy atom. The summed E-state index contributed by atoms with van der Waals surface area (Å²) in [4.78, 5) is 23.6. The summed E-state index contributed by atoms with van der Waals surface area (Å²) in [6, 6.07) is 14.0. The number of non-ortho nitro benzene ring substituents is 1. The van der Waals surface area contributed by atoms with Crippen LogP contribution in [-0.4, -0.2) is 34.1 Å². The van der Waals surface area contributed by atoms with Gasteiger partial charge in [0, 0.05) is 23.3 Å². The van der Waals surface area contributed by atoms with Crippen molar-refractivity contribution in [1.29, 1.82) is 0 Å². The van der Waals surface area contributed by atoms with Gasteiger partial charge in [-0.2, -0.15) is 5.10 Å². The molecule has 3 rings (SSSR count). The van der Waals surface area contributed by atoms with Gasteiger partial charge in [0.15, 0.2) is 5.44 Å². The minimum atomic E-state index is -3.82. The second-order valence-electron chi connectivity index (χ2n) is 6.13. The third kappa shape index (κ3) is 4.23. The molecule has 156 valence electrons. The maximum absolute atomic E-state index is 13.4. The maximum Gasteiger partial charge on any atom is 0.379 e. The van der Waals surface area contributed by atoms with Crippen molar-refractivity contribution in [3.8, 4) is 11.1 Å². The molecular weight excluding hydrogens is 409 g/mol. The van der Waals surface area contributed by atoms with Crippen molar-refractivity contribution < 1.29 is 23.3 Å². The van der Waals surface area contributed by atoms with Crippen molar-refractivity contribution >= 4 is 24.5 Å². The molecule has 1 N–H and O–H groups in total. The summed E-state index contributed by atoms with van der Waals surface area (Å²) in [7, 11) is -3.82. The van der Waals surface area contributed by atoms with E-state index in [0.717, 1.165) is 0 Å². The Kier molecular flexibility index (Phi) is 6.56. The van der Waals surface area contributed by atoms with E-state index in [9.17, 15) is 19.5 Å². The second kappa shape index (κ2) is 9.13. The molecule has 0 bridgehead atoms. The zero-order valence-electron chi connectivity index (χ0n) is 16.4. The zero-order chi connectivity index (χ0) is 21.7. The summed E-state index contributed by atoms with van der Waals surface area (Å²) in [6.45, 7) is 3.56. The lowest BCUT2D eigenvalue weighted by molar-refractivity contribution is -0.384. The van der Waals surface area contributed by atoms with E-state index in [-0.39, 0.29) is 35.6 Å². The molecular formula is C20H20N3O6P. The molecule has 0 fully saturated rings. The Morgan fingerprint density at radius 3 is 2.20 bits per heavy atom. The Hall–Kier alpha value is -3.13. The van der Waals surface area contributed by atoms with Gasteiger partial charge in [0.25, 0.3) is 5.69 Å². The van der Waals surface area contributed by atoms with Crippen LogP contribution in [0.3, 0.4) is 0 Å². The van der Waals surface area contributed by atoms with Gasteiger partial charge in [-0.25, -0.2) is 0 Å². The van der Waals surface area contributed by atoms with Crippen LogP contribution in [0.5, 0.6) is 0 Å². The number of nitrogens with zero attached hydrogens (tertiary/aromatic N) is 2. The van der Waals surface area contributed by atoms with Gasteiger partial charge in [-0.15, -0.1) is 0 Å². The Bertz CT molecular complexity index is 1090. The number of nitro groups is 1. The lowest BCUT2D eigenvalue weighted by Crippen LogP contribution is -2.15. The number of H-pyrrole nitrogens is 1. The van der Waals surface area contributed by atoms with E-state index >= 15 is 0 Å². The van der Waals surface area contributed by atoms with Gasteiger partial charge in [0.2, 0.25) is 5.78 Å². The smallest absolute Gasteiger partial charge is 0.304 e. The molecule has 0 saturated heterocycles. The Labute approximate surface area is 172 Å². The number of ketones is 1. The van der Waals surface area contributed by atoms with Gasteiger partial charge in [-0.1, -0.05) is 30.3 Å². The molecule has 0 atom stereocenters. The molecule has 9 nitrogen and oxygen atoms in total. The molecule has 0 spiro atoms. The van der Waals surface area contributed by atoms with Crippen LogP contribution in [0.2, 0.25) is 0 Å². The minimum absolute atomic E-state index is 0.0182. The number of carbonyl (C=O) groups is 1. The highest BCUT2D eigenvalue weighted by molar-refractivity contribution is 7.62. The lowest BCUT2D eigenvalue weighted by atomic mass is 10.0. The first-order chi connectivity index (χ1) is 14.4. The molecule has 2 aromatic carbocycles. The first-order valence-corrected chi connectivity index (χ1v) is 10.8. The number of carbonyl (C=O) groups excluding carboxylic acids is 1. The van der Waals surface area contributed by atoms with Gasteiger partial charge in [0.1, 0.15) is 5.69 Å². The van der Waals surface area contributed by atoms with Crippen LogP contribution < -0.4 is 5.44 Å². The van der Waals surface area contributed by atoms with Crippen molar-refractivity contribution in [2.45, 2.75) is 13.8 Å². The molecule has 0 aliphatic heterocycles. The molecule has 30 heavy (non-hydrogen) atoms. The number of nitrogens with one attached hydrogen (secondary N) is 1. The first kappa shape index (κ1) is 21.6. The van der Waals surface area contributed by atoms with Gasteiger partial charge in [-0.05, 0) is 31.5 Å². The Balaban J connectivity index is 2.21. The molecule has 10 heteroatoms. The van der Waals surface area contributed by atoms with Gasteiger partial charge >= 0.3 is 7.60 Å². The van der Waals surface area contributed by atoms with Crippen molar-refractivity contribution in [2.24, 2.45) is 0 Å². The fourth-order valence-corrected chi connectivity index (χ4v) is 4.64. The highest BCUT2D eigenvalue weighted by Crippen LogP contribution is 2.49. The van der Waals surface area contributed by atoms with Crippen LogP contribution in [0.1, 0.15) is 29.9 Å². The largest absolute Gasteiger partial charge is 0.379 e. The molecule has 0 aliphatic carbocycles. The summed E-state index contributed by atoms with van der Waals surface area (Å²) in [5.41, 5.74) is 0.968. The van der Waals surface area contributed by atoms with Crippen molar-refractivity contribution in [3.05, 3.63) is 76.0 Å². The molecule has 0 amide bonds. The quantitative estimate of drug-likeness (QED) is 0.235. The lowest BCUT2D eigenvalue weighted by Gasteiger charge is -2.17. The van der Waals surface area contributed by atoms with E-state index < -0.39 is 18.3 Å². The second-order valence-corrected chi connectivity index (χ2v) is 8.09. The van der Waals surface area contributed by atoms with Crippen molar-refractivity contribution in [3.63, 3.8) is 0 Å². The van der Waals surface area contributed by atoms with Crippen molar-refractivity contribution in [2.75, 3.05) is 13.2 Å². The van der Waals surface area contributed by atoms with E-state index in [1.165, 1.54) is 24.3 Å². The average molecular weight is 429 g/mol. The summed E-state index contributed by atoms with van der Waals surface area (Å²) >= 11 is 0. The molecule has 1 aromatic heterocycles. The van der Waals surface area contributed by atoms with Crippen LogP contribution in [0.25, 0.3) is 11.1 Å². The summed E-state index contributed by atoms with van der Waals surface area (Å²) < 4.78 is 24.3. The van der Waals surface area contributed by atoms with Gasteiger partial charge in [-0.3, -0.25) is 24.6 Å². The fourth-order valence-electron chi connectivity index (χ4n) is 2.95. The zero-order valence-corrected chi connectivity index (χ0v) is 17.3. The van der Waals surface area contributed by atoms with Crippen LogP contribution in [0.15, 0.2) is 54.6 Å². The first-order valence-electron chi connectivity index (χ1n) is 9.24. The highest BCUT2D eigenvalue weighted by Gasteiger charge is 2.36. The van der Waals surface area contributed by atoms with Crippen LogP contribution >= 0.6 is 7.60 Å². The van der Waals surface area contributed by atoms with E-state index in [1.807, 2.05) is 0 Å². The fraction of sp³-hybridized carbons (Fsp3) is 0.200. The third-order valence-corrected chi connectivity index (χ3v) is 6.30. The maximum atomic E-state index is 13.4. The number of rotatable bonds is 9. The number of aromatic amines is 1. The molecule has 3 aromatic rings. The summed E-state index contributed by atoms with van der Waals surface area (Å²) in [5.74, 6) is -0.397. The van der Waals surface area contributed by atoms with Gasteiger partial charge in [0.05, 0.1) is 18.1 Å². The molecule has 0 unspecified atom stereocenters. The predicted octanol–water partition coefficient (Wildman–Crippen LogP) is 4.11. The number of hydrogen-bond acceptors (Lipinski definition) is 7. The average Bonchev–Trinajstić information content (AvgIpc) is 3.20. The predicted molar refractivity (Wildman–Crippen MR) is 111 cm³/mol. The number of benzene rings is 2. The monoisotopic (exact) mass is 429 g/mol. The molecule has 0 saturated carbocycles. The SMILES string of the molecule is CCOP(=O)(OCC)c1[nH]nc(C(=O)c2ccccc2)c1-c1ccc([N+](=O)[O-])cc1. The number of aromatic nitrogens is 2. The highest BCUT2D eigenvalue weighted by atomic mass is 31.2. The van der Waals surface area contributed by atoms with E-state index in [4.69, 9.17) is 9.05 Å². The topological polar surface area (TPSA) is 124 Å². The van der Waals surface area contributed by atoms with Crippen LogP contribution in [0, 0.1) is 10.1 Å². The minimum Gasteiger partial charge on any atom is -0.304 e. The standard InChI is InChI=1S/C20H20N3O6P/c1-3-28-30(27,29-4-2)20-17(14-10-12-16(13-11-14)23(25)26)18(21-22-20)19(24)15-8-6-5-7-9-15/h5-13H,3-4H2,1-2H3,(H,21,22). The van der Waals surface area contributed by atoms with E-state index in [1.54, 1.807) is 44.2 Å². The van der Waals surface area contributed by atoms with E-state index in [0.29, 0.717) is 11.1 Å². The van der Waals surface area contributed by atoms with Crippen LogP contribution in [0.4, 0.5) is 5.69 Å². The van der Waals surface area contributed by atoms with Crippen LogP contribution in [-0.2, 0) is 13.6 Å².